The summed E-state index contributed by atoms with van der Waals surface area (Å²) >= 11 is 0. The molecule has 0 aliphatic carbocycles. The van der Waals surface area contributed by atoms with Gasteiger partial charge in [-0.2, -0.15) is 20.1 Å². The molecule has 2 aliphatic heterocycles. The zero-order valence-electron chi connectivity index (χ0n) is 18.0. The molecule has 2 aromatic rings. The fraction of sp³-hybridized carbons (Fsp3) is 0.545. The van der Waals surface area contributed by atoms with Crippen molar-refractivity contribution < 1.29 is 4.74 Å². The van der Waals surface area contributed by atoms with Gasteiger partial charge in [0.1, 0.15) is 5.75 Å². The van der Waals surface area contributed by atoms with Crippen LogP contribution in [0, 0.1) is 0 Å². The maximum Gasteiger partial charge on any atom is 0.252 e. The summed E-state index contributed by atoms with van der Waals surface area (Å²) in [5, 5.41) is 6.30. The Kier molecular flexibility index (Phi) is 6.61. The van der Waals surface area contributed by atoms with Crippen molar-refractivity contribution in [3.8, 4) is 5.75 Å². The van der Waals surface area contributed by atoms with E-state index >= 15 is 0 Å². The molecule has 0 amide bonds. The number of rotatable bonds is 6. The van der Waals surface area contributed by atoms with Gasteiger partial charge in [0.25, 0.3) is 5.95 Å². The molecule has 2 aliphatic rings. The number of hydrogen-bond donors (Lipinski definition) is 0. The average Bonchev–Trinajstić information content (AvgIpc) is 2.83. The fourth-order valence-corrected chi connectivity index (χ4v) is 3.93. The number of hydrazone groups is 1. The second-order valence-corrected chi connectivity index (χ2v) is 7.84. The molecule has 2 saturated heterocycles. The lowest BCUT2D eigenvalue weighted by atomic mass is 10.1. The summed E-state index contributed by atoms with van der Waals surface area (Å²) in [6, 6.07) is 7.81. The topological polar surface area (TPSA) is 70.0 Å². The van der Waals surface area contributed by atoms with Crippen molar-refractivity contribution in [2.45, 2.75) is 38.5 Å². The first-order valence-electron chi connectivity index (χ1n) is 10.9. The first kappa shape index (κ1) is 20.4. The molecule has 8 nitrogen and oxygen atoms in total. The van der Waals surface area contributed by atoms with E-state index in [4.69, 9.17) is 19.7 Å². The predicted molar refractivity (Wildman–Crippen MR) is 121 cm³/mol. The number of methoxy groups -OCH3 is 1. The summed E-state index contributed by atoms with van der Waals surface area (Å²) in [4.78, 5) is 18.9. The molecule has 0 unspecified atom stereocenters. The Morgan fingerprint density at radius 3 is 2.00 bits per heavy atom. The van der Waals surface area contributed by atoms with Crippen LogP contribution >= 0.6 is 0 Å². The third-order valence-electron chi connectivity index (χ3n) is 5.68. The zero-order valence-corrected chi connectivity index (χ0v) is 18.0. The predicted octanol–water partition coefficient (Wildman–Crippen LogP) is 3.33. The smallest absolute Gasteiger partial charge is 0.252 e. The number of para-hydroxylation sites is 1. The van der Waals surface area contributed by atoms with Crippen LogP contribution < -0.4 is 19.5 Å². The van der Waals surface area contributed by atoms with E-state index in [-0.39, 0.29) is 0 Å². The summed E-state index contributed by atoms with van der Waals surface area (Å²) < 4.78 is 5.42. The number of piperidine rings is 2. The first-order valence-corrected chi connectivity index (χ1v) is 10.9. The van der Waals surface area contributed by atoms with Crippen LogP contribution in [-0.2, 0) is 0 Å². The van der Waals surface area contributed by atoms with E-state index in [0.29, 0.717) is 5.95 Å². The Bertz CT molecular complexity index is 824. The van der Waals surface area contributed by atoms with Gasteiger partial charge in [-0.1, -0.05) is 12.1 Å². The number of nitrogens with zero attached hydrogens (tertiary/aromatic N) is 7. The normalized spacial score (nSPS) is 17.4. The second kappa shape index (κ2) is 9.73. The van der Waals surface area contributed by atoms with E-state index in [1.807, 2.05) is 31.3 Å². The van der Waals surface area contributed by atoms with E-state index in [1.165, 1.54) is 38.5 Å². The van der Waals surface area contributed by atoms with E-state index in [2.05, 4.69) is 14.9 Å². The van der Waals surface area contributed by atoms with Gasteiger partial charge in [-0.3, -0.25) is 0 Å². The Hall–Kier alpha value is -2.90. The molecule has 0 atom stereocenters. The summed E-state index contributed by atoms with van der Waals surface area (Å²) in [6.45, 7) is 3.99. The molecule has 1 aromatic heterocycles. The van der Waals surface area contributed by atoms with Crippen molar-refractivity contribution in [2.75, 3.05) is 55.1 Å². The lowest BCUT2D eigenvalue weighted by Gasteiger charge is -2.30. The van der Waals surface area contributed by atoms with Crippen molar-refractivity contribution >= 4 is 24.1 Å². The van der Waals surface area contributed by atoms with E-state index in [0.717, 1.165) is 49.4 Å². The van der Waals surface area contributed by atoms with Gasteiger partial charge in [0, 0.05) is 38.8 Å². The monoisotopic (exact) mass is 409 g/mol. The molecule has 0 bridgehead atoms. The van der Waals surface area contributed by atoms with Crippen LogP contribution in [0.25, 0.3) is 0 Å². The molecule has 2 fully saturated rings. The third-order valence-corrected chi connectivity index (χ3v) is 5.68. The number of ether oxygens (including phenoxy) is 1. The first-order chi connectivity index (χ1) is 14.7. The van der Waals surface area contributed by atoms with Gasteiger partial charge < -0.3 is 14.5 Å². The summed E-state index contributed by atoms with van der Waals surface area (Å²) in [6.07, 6.45) is 9.06. The van der Waals surface area contributed by atoms with Gasteiger partial charge in [0.05, 0.1) is 13.3 Å². The summed E-state index contributed by atoms with van der Waals surface area (Å²) in [5.41, 5.74) is 0.911. The minimum Gasteiger partial charge on any atom is -0.496 e. The fourth-order valence-electron chi connectivity index (χ4n) is 3.93. The van der Waals surface area contributed by atoms with Gasteiger partial charge in [0.2, 0.25) is 11.9 Å². The molecular formula is C22H31N7O. The van der Waals surface area contributed by atoms with Crippen LogP contribution in [0.4, 0.5) is 17.8 Å². The van der Waals surface area contributed by atoms with Crippen molar-refractivity contribution in [1.82, 2.24) is 15.0 Å². The summed E-state index contributed by atoms with van der Waals surface area (Å²) in [7, 11) is 3.54. The number of benzene rings is 1. The largest absolute Gasteiger partial charge is 0.496 e. The molecule has 1 aromatic carbocycles. The molecule has 160 valence electrons. The molecule has 0 radical (unpaired) electrons. The van der Waals surface area contributed by atoms with Crippen molar-refractivity contribution in [1.29, 1.82) is 0 Å². The second-order valence-electron chi connectivity index (χ2n) is 7.84. The minimum atomic E-state index is 0.567. The van der Waals surface area contributed by atoms with Gasteiger partial charge >= 0.3 is 0 Å². The number of hydrogen-bond acceptors (Lipinski definition) is 8. The Morgan fingerprint density at radius 2 is 1.43 bits per heavy atom. The highest BCUT2D eigenvalue weighted by Gasteiger charge is 2.21. The van der Waals surface area contributed by atoms with Gasteiger partial charge in [0.15, 0.2) is 0 Å². The zero-order chi connectivity index (χ0) is 20.8. The van der Waals surface area contributed by atoms with Gasteiger partial charge in [-0.05, 0) is 50.7 Å². The maximum atomic E-state index is 5.42. The van der Waals surface area contributed by atoms with Gasteiger partial charge in [-0.15, -0.1) is 0 Å². The molecule has 30 heavy (non-hydrogen) atoms. The molecule has 0 N–H and O–H groups in total. The SMILES string of the molecule is COc1ccccc1C=NN(C)c1nc(N2CCCCC2)nc(N2CCCCC2)n1. The quantitative estimate of drug-likeness (QED) is 0.535. The van der Waals surface area contributed by atoms with Gasteiger partial charge in [-0.25, -0.2) is 5.01 Å². The highest BCUT2D eigenvalue weighted by Crippen LogP contribution is 2.24. The van der Waals surface area contributed by atoms with Crippen molar-refractivity contribution in [2.24, 2.45) is 5.10 Å². The lowest BCUT2D eigenvalue weighted by Crippen LogP contribution is -2.35. The highest BCUT2D eigenvalue weighted by atomic mass is 16.5. The molecule has 3 heterocycles. The Balaban J connectivity index is 1.62. The summed E-state index contributed by atoms with van der Waals surface area (Å²) in [5.74, 6) is 2.88. The standard InChI is InChI=1S/C22H31N7O/c1-27(23-17-18-11-5-6-12-19(18)30-2)20-24-21(28-13-7-3-8-14-28)26-22(25-20)29-15-9-4-10-16-29/h5-6,11-12,17H,3-4,7-10,13-16H2,1-2H3. The van der Waals surface area contributed by atoms with E-state index in [1.54, 1.807) is 18.3 Å². The number of anilines is 3. The third kappa shape index (κ3) is 4.80. The molecule has 8 heteroatoms. The lowest BCUT2D eigenvalue weighted by molar-refractivity contribution is 0.414. The van der Waals surface area contributed by atoms with Crippen molar-refractivity contribution in [3.05, 3.63) is 29.8 Å². The van der Waals surface area contributed by atoms with E-state index < -0.39 is 0 Å². The van der Waals surface area contributed by atoms with Crippen LogP contribution in [0.3, 0.4) is 0 Å². The maximum absolute atomic E-state index is 5.42. The number of aromatic nitrogens is 3. The van der Waals surface area contributed by atoms with E-state index in [9.17, 15) is 0 Å². The minimum absolute atomic E-state index is 0.567. The molecular weight excluding hydrogens is 378 g/mol. The van der Waals surface area contributed by atoms with Crippen molar-refractivity contribution in [3.63, 3.8) is 0 Å². The van der Waals surface area contributed by atoms with Crippen LogP contribution in [0.1, 0.15) is 44.1 Å². The van der Waals surface area contributed by atoms with Crippen LogP contribution in [0.2, 0.25) is 0 Å². The molecule has 0 saturated carbocycles. The average molecular weight is 410 g/mol. The van der Waals surface area contributed by atoms with Crippen LogP contribution in [0.5, 0.6) is 5.75 Å². The van der Waals surface area contributed by atoms with Crippen LogP contribution in [0.15, 0.2) is 29.4 Å². The molecule has 4 rings (SSSR count). The highest BCUT2D eigenvalue weighted by molar-refractivity contribution is 5.84. The Morgan fingerprint density at radius 1 is 0.867 bits per heavy atom. The molecule has 0 spiro atoms. The van der Waals surface area contributed by atoms with Crippen LogP contribution in [-0.4, -0.2) is 61.5 Å². The Labute approximate surface area is 178 Å².